The third-order valence-electron chi connectivity index (χ3n) is 5.88. The maximum absolute atomic E-state index is 13.5. The van der Waals surface area contributed by atoms with Crippen LogP contribution in [-0.2, 0) is 19.1 Å². The minimum absolute atomic E-state index is 0.263. The molecule has 4 rings (SSSR count). The van der Waals surface area contributed by atoms with Crippen LogP contribution in [0, 0.1) is 0 Å². The molecule has 7 nitrogen and oxygen atoms in total. The van der Waals surface area contributed by atoms with Crippen LogP contribution < -0.4 is 4.90 Å². The van der Waals surface area contributed by atoms with Gasteiger partial charge in [-0.05, 0) is 25.0 Å². The highest BCUT2D eigenvalue weighted by molar-refractivity contribution is 6.54. The molecule has 160 valence electrons. The number of carbonyl (C=O) groups excluding carboxylic acids is 3. The Labute approximate surface area is 180 Å². The summed E-state index contributed by atoms with van der Waals surface area (Å²) in [7, 11) is 1.22. The number of Topliss-reactive ketones (excluding diaryl/α,β-unsaturated/α-hetero) is 1. The summed E-state index contributed by atoms with van der Waals surface area (Å²) in [5, 5.41) is 11.2. The molecule has 2 aliphatic heterocycles. The Hall–Kier alpha value is -3.45. The number of para-hydroxylation sites is 1. The maximum Gasteiger partial charge on any atom is 0.352 e. The first-order valence-corrected chi connectivity index (χ1v) is 10.3. The average Bonchev–Trinajstić information content (AvgIpc) is 3.07. The van der Waals surface area contributed by atoms with Crippen LogP contribution in [0.4, 0.5) is 5.69 Å². The Morgan fingerprint density at radius 3 is 2.10 bits per heavy atom. The molecule has 2 fully saturated rings. The maximum atomic E-state index is 13.5. The SMILES string of the molecule is COC(=O)[C@]1(N2CCCCC2)C(=C(O)c2ccccc2)C(=O)C(=O)N1c1ccccc1. The predicted octanol–water partition coefficient (Wildman–Crippen LogP) is 2.93. The first-order chi connectivity index (χ1) is 15.0. The fourth-order valence-corrected chi connectivity index (χ4v) is 4.50. The highest BCUT2D eigenvalue weighted by Crippen LogP contribution is 2.44. The van der Waals surface area contributed by atoms with Crippen molar-refractivity contribution in [3.63, 3.8) is 0 Å². The fourth-order valence-electron chi connectivity index (χ4n) is 4.50. The normalized spacial score (nSPS) is 23.7. The summed E-state index contributed by atoms with van der Waals surface area (Å²) in [6, 6.07) is 17.0. The lowest BCUT2D eigenvalue weighted by molar-refractivity contribution is -0.153. The van der Waals surface area contributed by atoms with E-state index in [4.69, 9.17) is 4.74 Å². The van der Waals surface area contributed by atoms with Gasteiger partial charge in [-0.3, -0.25) is 19.4 Å². The van der Waals surface area contributed by atoms with Crippen LogP contribution >= 0.6 is 0 Å². The van der Waals surface area contributed by atoms with E-state index in [2.05, 4.69) is 0 Å². The predicted molar refractivity (Wildman–Crippen MR) is 115 cm³/mol. The smallest absolute Gasteiger partial charge is 0.352 e. The number of likely N-dealkylation sites (tertiary alicyclic amines) is 1. The van der Waals surface area contributed by atoms with Crippen LogP contribution in [-0.4, -0.2) is 53.5 Å². The van der Waals surface area contributed by atoms with Gasteiger partial charge >= 0.3 is 11.9 Å². The molecule has 0 spiro atoms. The lowest BCUT2D eigenvalue weighted by atomic mass is 9.91. The quantitative estimate of drug-likeness (QED) is 0.354. The van der Waals surface area contributed by atoms with Crippen molar-refractivity contribution in [3.8, 4) is 0 Å². The van der Waals surface area contributed by atoms with Crippen molar-refractivity contribution in [2.75, 3.05) is 25.1 Å². The Bertz CT molecular complexity index is 1030. The Balaban J connectivity index is 2.06. The molecule has 2 heterocycles. The van der Waals surface area contributed by atoms with Crippen LogP contribution in [0.1, 0.15) is 24.8 Å². The van der Waals surface area contributed by atoms with Crippen LogP contribution in [0.25, 0.3) is 5.76 Å². The Morgan fingerprint density at radius 1 is 0.935 bits per heavy atom. The van der Waals surface area contributed by atoms with Gasteiger partial charge in [0.15, 0.2) is 0 Å². The van der Waals surface area contributed by atoms with E-state index in [1.165, 1.54) is 12.0 Å². The lowest BCUT2D eigenvalue weighted by Gasteiger charge is -2.45. The minimum Gasteiger partial charge on any atom is -0.507 e. The number of piperidine rings is 1. The molecule has 31 heavy (non-hydrogen) atoms. The van der Waals surface area contributed by atoms with Crippen LogP contribution in [0.2, 0.25) is 0 Å². The molecule has 7 heteroatoms. The third kappa shape index (κ3) is 3.21. The van der Waals surface area contributed by atoms with E-state index in [1.807, 2.05) is 0 Å². The highest BCUT2D eigenvalue weighted by Gasteiger charge is 2.66. The number of nitrogens with zero attached hydrogens (tertiary/aromatic N) is 2. The molecule has 1 N–H and O–H groups in total. The summed E-state index contributed by atoms with van der Waals surface area (Å²) in [6.45, 7) is 0.953. The number of rotatable bonds is 4. The van der Waals surface area contributed by atoms with E-state index in [9.17, 15) is 19.5 Å². The number of anilines is 1. The van der Waals surface area contributed by atoms with Crippen molar-refractivity contribution in [2.24, 2.45) is 0 Å². The Kier molecular flexibility index (Phi) is 5.61. The fraction of sp³-hybridized carbons (Fsp3) is 0.292. The number of esters is 1. The number of carbonyl (C=O) groups is 3. The zero-order chi connectivity index (χ0) is 22.0. The number of ether oxygens (including phenoxy) is 1. The summed E-state index contributed by atoms with van der Waals surface area (Å²) < 4.78 is 5.18. The summed E-state index contributed by atoms with van der Waals surface area (Å²) >= 11 is 0. The second-order valence-electron chi connectivity index (χ2n) is 7.61. The number of hydrogen-bond acceptors (Lipinski definition) is 6. The molecule has 0 radical (unpaired) electrons. The molecule has 0 aliphatic carbocycles. The zero-order valence-electron chi connectivity index (χ0n) is 17.3. The minimum atomic E-state index is -1.88. The van der Waals surface area contributed by atoms with Crippen molar-refractivity contribution in [1.29, 1.82) is 0 Å². The van der Waals surface area contributed by atoms with E-state index in [-0.39, 0.29) is 5.57 Å². The van der Waals surface area contributed by atoms with Gasteiger partial charge in [0.25, 0.3) is 5.78 Å². The third-order valence-corrected chi connectivity index (χ3v) is 5.88. The van der Waals surface area contributed by atoms with Gasteiger partial charge < -0.3 is 9.84 Å². The number of methoxy groups -OCH3 is 1. The van der Waals surface area contributed by atoms with Crippen molar-refractivity contribution in [1.82, 2.24) is 4.90 Å². The molecule has 0 bridgehead atoms. The van der Waals surface area contributed by atoms with E-state index in [1.54, 1.807) is 65.6 Å². The van der Waals surface area contributed by atoms with Crippen molar-refractivity contribution in [2.45, 2.75) is 24.9 Å². The van der Waals surface area contributed by atoms with Gasteiger partial charge in [0.05, 0.1) is 7.11 Å². The van der Waals surface area contributed by atoms with E-state index in [0.29, 0.717) is 24.3 Å². The number of aliphatic hydroxyl groups is 1. The van der Waals surface area contributed by atoms with Crippen molar-refractivity contribution < 1.29 is 24.2 Å². The first kappa shape index (κ1) is 20.8. The monoisotopic (exact) mass is 420 g/mol. The second kappa shape index (κ2) is 8.35. The molecule has 2 aromatic rings. The Morgan fingerprint density at radius 2 is 1.52 bits per heavy atom. The van der Waals surface area contributed by atoms with E-state index < -0.39 is 29.1 Å². The molecule has 1 atom stereocenters. The van der Waals surface area contributed by atoms with Gasteiger partial charge in [-0.25, -0.2) is 4.79 Å². The molecule has 1 amide bonds. The van der Waals surface area contributed by atoms with Gasteiger partial charge in [-0.15, -0.1) is 0 Å². The molecular formula is C24H24N2O5. The standard InChI is InChI=1S/C24H24N2O5/c1-31-23(30)24(25-15-9-4-10-16-25)19(20(27)17-11-5-2-6-12-17)21(28)22(29)26(24)18-13-7-3-8-14-18/h2-3,5-8,11-14,27H,4,9-10,15-16H2,1H3/t24-/m0/s1. The van der Waals surface area contributed by atoms with Crippen LogP contribution in [0.3, 0.4) is 0 Å². The molecule has 2 aromatic carbocycles. The van der Waals surface area contributed by atoms with Gasteiger partial charge in [-0.2, -0.15) is 0 Å². The summed E-state index contributed by atoms with van der Waals surface area (Å²) in [5.74, 6) is -2.97. The second-order valence-corrected chi connectivity index (χ2v) is 7.61. The first-order valence-electron chi connectivity index (χ1n) is 10.3. The lowest BCUT2D eigenvalue weighted by Crippen LogP contribution is -2.66. The summed E-state index contributed by atoms with van der Waals surface area (Å²) in [4.78, 5) is 43.1. The summed E-state index contributed by atoms with van der Waals surface area (Å²) in [5.41, 5.74) is -1.42. The molecule has 2 saturated heterocycles. The molecule has 0 unspecified atom stereocenters. The van der Waals surface area contributed by atoms with E-state index in [0.717, 1.165) is 19.3 Å². The molecule has 0 aromatic heterocycles. The number of hydrogen-bond donors (Lipinski definition) is 1. The topological polar surface area (TPSA) is 87.1 Å². The van der Waals surface area contributed by atoms with Gasteiger partial charge in [0.1, 0.15) is 11.3 Å². The molecule has 2 aliphatic rings. The number of aliphatic hydroxyl groups excluding tert-OH is 1. The number of benzene rings is 2. The van der Waals surface area contributed by atoms with Gasteiger partial charge in [-0.1, -0.05) is 55.0 Å². The zero-order valence-corrected chi connectivity index (χ0v) is 17.3. The number of amides is 1. The van der Waals surface area contributed by atoms with Gasteiger partial charge in [0.2, 0.25) is 5.66 Å². The average molecular weight is 420 g/mol. The van der Waals surface area contributed by atoms with E-state index >= 15 is 0 Å². The largest absolute Gasteiger partial charge is 0.507 e. The molecular weight excluding hydrogens is 396 g/mol. The molecule has 0 saturated carbocycles. The van der Waals surface area contributed by atoms with Gasteiger partial charge in [0, 0.05) is 24.3 Å². The van der Waals surface area contributed by atoms with Crippen LogP contribution in [0.15, 0.2) is 66.2 Å². The highest BCUT2D eigenvalue weighted by atomic mass is 16.5. The van der Waals surface area contributed by atoms with Crippen molar-refractivity contribution in [3.05, 3.63) is 71.8 Å². The number of ketones is 1. The van der Waals surface area contributed by atoms with Crippen LogP contribution in [0.5, 0.6) is 0 Å². The van der Waals surface area contributed by atoms with Crippen molar-refractivity contribution >= 4 is 29.1 Å². The summed E-state index contributed by atoms with van der Waals surface area (Å²) in [6.07, 6.45) is 2.57.